The molecule has 2 aromatic carbocycles. The molecule has 0 aromatic heterocycles. The molecule has 0 amide bonds. The van der Waals surface area contributed by atoms with Crippen molar-refractivity contribution in [3.05, 3.63) is 83.6 Å². The van der Waals surface area contributed by atoms with Gasteiger partial charge in [-0.05, 0) is 30.5 Å². The van der Waals surface area contributed by atoms with Gasteiger partial charge in [-0.25, -0.2) is 0 Å². The number of methoxy groups -OCH3 is 1. The molecule has 0 aliphatic heterocycles. The molecule has 0 heterocycles. The van der Waals surface area contributed by atoms with Gasteiger partial charge < -0.3 is 4.74 Å². The summed E-state index contributed by atoms with van der Waals surface area (Å²) in [4.78, 5) is 0. The molecule has 0 saturated heterocycles. The van der Waals surface area contributed by atoms with Crippen LogP contribution in [0, 0.1) is 6.92 Å². The molecule has 0 radical (unpaired) electrons. The molecule has 1 nitrogen and oxygen atoms in total. The molecule has 0 unspecified atom stereocenters. The Balaban J connectivity index is 2.50. The van der Waals surface area contributed by atoms with E-state index in [0.717, 1.165) is 28.0 Å². The number of aryl methyl sites for hydroxylation is 1. The highest BCUT2D eigenvalue weighted by Gasteiger charge is 2.12. The highest BCUT2D eigenvalue weighted by molar-refractivity contribution is 6.04. The molecule has 2 aromatic rings. The van der Waals surface area contributed by atoms with E-state index in [0.29, 0.717) is 0 Å². The molecule has 0 saturated carbocycles. The molecule has 0 atom stereocenters. The Kier molecular flexibility index (Phi) is 4.41. The Morgan fingerprint density at radius 1 is 0.900 bits per heavy atom. The summed E-state index contributed by atoms with van der Waals surface area (Å²) >= 11 is 0. The average molecular weight is 264 g/mol. The lowest BCUT2D eigenvalue weighted by Crippen LogP contribution is -1.95. The van der Waals surface area contributed by atoms with E-state index in [-0.39, 0.29) is 0 Å². The minimum atomic E-state index is 0.878. The van der Waals surface area contributed by atoms with Gasteiger partial charge in [0.15, 0.2) is 0 Å². The Morgan fingerprint density at radius 2 is 1.50 bits per heavy atom. The maximum absolute atomic E-state index is 5.46. The van der Waals surface area contributed by atoms with Crippen LogP contribution in [0.25, 0.3) is 11.1 Å². The topological polar surface area (TPSA) is 9.23 Å². The maximum atomic E-state index is 5.46. The van der Waals surface area contributed by atoms with Crippen LogP contribution in [0.1, 0.15) is 23.6 Å². The van der Waals surface area contributed by atoms with E-state index in [9.17, 15) is 0 Å². The van der Waals surface area contributed by atoms with Crippen LogP contribution >= 0.6 is 0 Å². The third-order valence-corrected chi connectivity index (χ3v) is 3.42. The number of hydrogen-bond acceptors (Lipinski definition) is 1. The Labute approximate surface area is 121 Å². The Hall–Kier alpha value is -2.28. The highest BCUT2D eigenvalue weighted by atomic mass is 16.5. The fraction of sp³-hybridized carbons (Fsp3) is 0.158. The van der Waals surface area contributed by atoms with Crippen LogP contribution in [-0.2, 0) is 4.74 Å². The molecule has 0 spiro atoms. The summed E-state index contributed by atoms with van der Waals surface area (Å²) in [5.41, 5.74) is 5.52. The maximum Gasteiger partial charge on any atom is 0.101 e. The lowest BCUT2D eigenvalue weighted by atomic mass is 9.92. The molecule has 0 bridgehead atoms. The van der Waals surface area contributed by atoms with Gasteiger partial charge in [0.2, 0.25) is 0 Å². The molecule has 20 heavy (non-hydrogen) atoms. The van der Waals surface area contributed by atoms with Gasteiger partial charge in [-0.1, -0.05) is 66.7 Å². The Bertz CT molecular complexity index is 619. The zero-order chi connectivity index (χ0) is 14.5. The first-order valence-corrected chi connectivity index (χ1v) is 6.70. The minimum Gasteiger partial charge on any atom is -0.501 e. The van der Waals surface area contributed by atoms with E-state index in [1.165, 1.54) is 5.56 Å². The lowest BCUT2D eigenvalue weighted by Gasteiger charge is -2.15. The second-order valence-corrected chi connectivity index (χ2v) is 4.85. The van der Waals surface area contributed by atoms with Crippen LogP contribution in [0.5, 0.6) is 0 Å². The van der Waals surface area contributed by atoms with Crippen molar-refractivity contribution in [1.29, 1.82) is 0 Å². The zero-order valence-electron chi connectivity index (χ0n) is 12.3. The van der Waals surface area contributed by atoms with Crippen molar-refractivity contribution in [2.45, 2.75) is 13.8 Å². The molecule has 0 N–H and O–H groups in total. The van der Waals surface area contributed by atoms with Gasteiger partial charge in [0.1, 0.15) is 5.76 Å². The third-order valence-electron chi connectivity index (χ3n) is 3.42. The van der Waals surface area contributed by atoms with Crippen LogP contribution in [0.3, 0.4) is 0 Å². The van der Waals surface area contributed by atoms with Gasteiger partial charge in [0.05, 0.1) is 7.11 Å². The van der Waals surface area contributed by atoms with Gasteiger partial charge in [0, 0.05) is 5.57 Å². The van der Waals surface area contributed by atoms with Crippen molar-refractivity contribution in [2.75, 3.05) is 7.11 Å². The molecule has 102 valence electrons. The van der Waals surface area contributed by atoms with E-state index >= 15 is 0 Å². The second kappa shape index (κ2) is 6.25. The van der Waals surface area contributed by atoms with Gasteiger partial charge >= 0.3 is 0 Å². The van der Waals surface area contributed by atoms with Crippen molar-refractivity contribution >= 4 is 11.1 Å². The van der Waals surface area contributed by atoms with Gasteiger partial charge in [-0.3, -0.25) is 0 Å². The molecule has 0 aliphatic carbocycles. The predicted molar refractivity (Wildman–Crippen MR) is 86.3 cm³/mol. The van der Waals surface area contributed by atoms with Crippen LogP contribution in [0.2, 0.25) is 0 Å². The van der Waals surface area contributed by atoms with Crippen LogP contribution < -0.4 is 0 Å². The van der Waals surface area contributed by atoms with Gasteiger partial charge in [-0.15, -0.1) is 0 Å². The molecular weight excluding hydrogens is 244 g/mol. The number of allylic oxidation sites excluding steroid dienone is 3. The fourth-order valence-corrected chi connectivity index (χ4v) is 2.20. The molecule has 1 heteroatoms. The summed E-state index contributed by atoms with van der Waals surface area (Å²) in [5.74, 6) is 0.878. The first-order chi connectivity index (χ1) is 9.63. The Morgan fingerprint density at radius 3 is 2.05 bits per heavy atom. The van der Waals surface area contributed by atoms with Crippen molar-refractivity contribution in [1.82, 2.24) is 0 Å². The van der Waals surface area contributed by atoms with Crippen LogP contribution in [-0.4, -0.2) is 7.11 Å². The smallest absolute Gasteiger partial charge is 0.101 e. The summed E-state index contributed by atoms with van der Waals surface area (Å²) in [6.07, 6.45) is 0. The van der Waals surface area contributed by atoms with E-state index < -0.39 is 0 Å². The van der Waals surface area contributed by atoms with Crippen molar-refractivity contribution < 1.29 is 4.74 Å². The van der Waals surface area contributed by atoms with E-state index in [1.54, 1.807) is 7.11 Å². The summed E-state index contributed by atoms with van der Waals surface area (Å²) < 4.78 is 5.46. The number of benzene rings is 2. The van der Waals surface area contributed by atoms with E-state index in [4.69, 9.17) is 4.74 Å². The highest BCUT2D eigenvalue weighted by Crippen LogP contribution is 2.32. The second-order valence-electron chi connectivity index (χ2n) is 4.85. The van der Waals surface area contributed by atoms with E-state index in [2.05, 4.69) is 49.9 Å². The summed E-state index contributed by atoms with van der Waals surface area (Å²) in [6.45, 7) is 8.32. The quantitative estimate of drug-likeness (QED) is 0.552. The van der Waals surface area contributed by atoms with Crippen LogP contribution in [0.4, 0.5) is 0 Å². The fourth-order valence-electron chi connectivity index (χ4n) is 2.20. The lowest BCUT2D eigenvalue weighted by molar-refractivity contribution is 0.296. The molecule has 0 aliphatic rings. The first-order valence-electron chi connectivity index (χ1n) is 6.70. The van der Waals surface area contributed by atoms with Crippen molar-refractivity contribution in [3.63, 3.8) is 0 Å². The monoisotopic (exact) mass is 264 g/mol. The molecule has 2 rings (SSSR count). The largest absolute Gasteiger partial charge is 0.501 e. The summed E-state index contributed by atoms with van der Waals surface area (Å²) in [7, 11) is 1.70. The third kappa shape index (κ3) is 3.00. The van der Waals surface area contributed by atoms with Crippen molar-refractivity contribution in [2.24, 2.45) is 0 Å². The molecular formula is C19H20O. The normalized spacial score (nSPS) is 11.8. The number of ether oxygens (including phenoxy) is 1. The standard InChI is InChI=1S/C19H20O/c1-14-10-12-18(13-11-14)19(16(3)20-4)15(2)17-8-6-5-7-9-17/h5-13H,2H2,1,3-4H3/b19-16+. The zero-order valence-corrected chi connectivity index (χ0v) is 12.3. The first kappa shape index (κ1) is 14.1. The van der Waals surface area contributed by atoms with Crippen LogP contribution in [0.15, 0.2) is 66.9 Å². The molecule has 0 fully saturated rings. The van der Waals surface area contributed by atoms with Gasteiger partial charge in [-0.2, -0.15) is 0 Å². The minimum absolute atomic E-state index is 0.878. The number of hydrogen-bond donors (Lipinski definition) is 0. The van der Waals surface area contributed by atoms with E-state index in [1.807, 2.05) is 25.1 Å². The summed E-state index contributed by atoms with van der Waals surface area (Å²) in [5, 5.41) is 0. The van der Waals surface area contributed by atoms with Crippen molar-refractivity contribution in [3.8, 4) is 0 Å². The number of rotatable bonds is 4. The SMILES string of the molecule is C=C(/C(=C(/C)OC)c1ccc(C)cc1)c1ccccc1. The van der Waals surface area contributed by atoms with Gasteiger partial charge in [0.25, 0.3) is 0 Å². The average Bonchev–Trinajstić information content (AvgIpc) is 2.50. The summed E-state index contributed by atoms with van der Waals surface area (Å²) in [6, 6.07) is 18.6. The predicted octanol–water partition coefficient (Wildman–Crippen LogP) is 5.09.